The van der Waals surface area contributed by atoms with Gasteiger partial charge in [-0.2, -0.15) is 0 Å². The lowest BCUT2D eigenvalue weighted by Crippen LogP contribution is -2.34. The Hall–Kier alpha value is -1.94. The van der Waals surface area contributed by atoms with Crippen LogP contribution in [-0.4, -0.2) is 7.11 Å². The zero-order valence-corrected chi connectivity index (χ0v) is 11.7. The summed E-state index contributed by atoms with van der Waals surface area (Å²) in [6.07, 6.45) is 0. The van der Waals surface area contributed by atoms with Crippen molar-refractivity contribution in [1.29, 1.82) is 0 Å². The summed E-state index contributed by atoms with van der Waals surface area (Å²) in [6.45, 7) is 3.40. The standard InChI is InChI=1S/C16H17F2NO/c1-10-4-5-11(8-13(10)17)16(2,19)12-6-7-15(20-3)14(18)9-12/h4-9H,19H2,1-3H3. The average Bonchev–Trinajstić information content (AvgIpc) is 2.41. The molecule has 0 saturated heterocycles. The summed E-state index contributed by atoms with van der Waals surface area (Å²) in [6, 6.07) is 9.31. The third kappa shape index (κ3) is 2.51. The van der Waals surface area contributed by atoms with Crippen LogP contribution in [0.2, 0.25) is 0 Å². The van der Waals surface area contributed by atoms with E-state index in [2.05, 4.69) is 0 Å². The van der Waals surface area contributed by atoms with Crippen LogP contribution in [0.25, 0.3) is 0 Å². The van der Waals surface area contributed by atoms with Crippen LogP contribution >= 0.6 is 0 Å². The molecule has 1 unspecified atom stereocenters. The molecule has 0 fully saturated rings. The maximum atomic E-state index is 13.8. The van der Waals surface area contributed by atoms with Gasteiger partial charge in [0.25, 0.3) is 0 Å². The van der Waals surface area contributed by atoms with Crippen molar-refractivity contribution in [1.82, 2.24) is 0 Å². The maximum absolute atomic E-state index is 13.8. The maximum Gasteiger partial charge on any atom is 0.165 e. The van der Waals surface area contributed by atoms with E-state index in [4.69, 9.17) is 10.5 Å². The smallest absolute Gasteiger partial charge is 0.165 e. The zero-order valence-electron chi connectivity index (χ0n) is 11.7. The Labute approximate surface area is 117 Å². The van der Waals surface area contributed by atoms with Gasteiger partial charge < -0.3 is 10.5 Å². The Morgan fingerprint density at radius 3 is 2.05 bits per heavy atom. The van der Waals surface area contributed by atoms with Crippen LogP contribution in [-0.2, 0) is 5.54 Å². The van der Waals surface area contributed by atoms with Gasteiger partial charge in [-0.1, -0.05) is 18.2 Å². The molecule has 2 aromatic rings. The molecule has 0 bridgehead atoms. The predicted molar refractivity (Wildman–Crippen MR) is 74.7 cm³/mol. The summed E-state index contributed by atoms with van der Waals surface area (Å²) in [5.74, 6) is -0.665. The van der Waals surface area contributed by atoms with Crippen molar-refractivity contribution in [3.63, 3.8) is 0 Å². The molecule has 2 nitrogen and oxygen atoms in total. The molecule has 2 N–H and O–H groups in total. The first-order valence-corrected chi connectivity index (χ1v) is 6.26. The van der Waals surface area contributed by atoms with Crippen LogP contribution in [0, 0.1) is 18.6 Å². The highest BCUT2D eigenvalue weighted by Gasteiger charge is 2.25. The quantitative estimate of drug-likeness (QED) is 0.932. The van der Waals surface area contributed by atoms with Crippen LogP contribution < -0.4 is 10.5 Å². The molecule has 0 saturated carbocycles. The van der Waals surface area contributed by atoms with Gasteiger partial charge in [0.1, 0.15) is 5.82 Å². The van der Waals surface area contributed by atoms with Crippen LogP contribution in [0.1, 0.15) is 23.6 Å². The Bertz CT molecular complexity index is 638. The average molecular weight is 277 g/mol. The van der Waals surface area contributed by atoms with Gasteiger partial charge >= 0.3 is 0 Å². The van der Waals surface area contributed by atoms with Gasteiger partial charge in [-0.15, -0.1) is 0 Å². The molecule has 0 spiro atoms. The van der Waals surface area contributed by atoms with Crippen molar-refractivity contribution < 1.29 is 13.5 Å². The van der Waals surface area contributed by atoms with Crippen LogP contribution in [0.4, 0.5) is 8.78 Å². The third-order valence-electron chi connectivity index (χ3n) is 3.52. The number of benzene rings is 2. The van der Waals surface area contributed by atoms with E-state index in [0.717, 1.165) is 0 Å². The van der Waals surface area contributed by atoms with E-state index >= 15 is 0 Å². The normalized spacial score (nSPS) is 13.9. The SMILES string of the molecule is COc1ccc(C(C)(N)c2ccc(C)c(F)c2)cc1F. The molecule has 4 heteroatoms. The summed E-state index contributed by atoms with van der Waals surface area (Å²) in [5.41, 5.74) is 6.97. The van der Waals surface area contributed by atoms with Crippen LogP contribution in [0.5, 0.6) is 5.75 Å². The molecular weight excluding hydrogens is 260 g/mol. The predicted octanol–water partition coefficient (Wildman–Crippen LogP) is 3.50. The lowest BCUT2D eigenvalue weighted by molar-refractivity contribution is 0.385. The van der Waals surface area contributed by atoms with Gasteiger partial charge in [0.2, 0.25) is 0 Å². The van der Waals surface area contributed by atoms with Gasteiger partial charge in [-0.25, -0.2) is 8.78 Å². The highest BCUT2D eigenvalue weighted by atomic mass is 19.1. The number of halogens is 2. The second kappa shape index (κ2) is 5.21. The molecule has 0 aliphatic rings. The van der Waals surface area contributed by atoms with Crippen LogP contribution in [0.3, 0.4) is 0 Å². The minimum atomic E-state index is -0.984. The largest absolute Gasteiger partial charge is 0.494 e. The Morgan fingerprint density at radius 2 is 1.55 bits per heavy atom. The van der Waals surface area contributed by atoms with Crippen molar-refractivity contribution in [2.75, 3.05) is 7.11 Å². The zero-order chi connectivity index (χ0) is 14.9. The molecule has 106 valence electrons. The fourth-order valence-electron chi connectivity index (χ4n) is 2.07. The summed E-state index contributed by atoms with van der Waals surface area (Å²) < 4.78 is 32.3. The number of aryl methyl sites for hydroxylation is 1. The van der Waals surface area contributed by atoms with E-state index in [1.54, 1.807) is 32.0 Å². The van der Waals surface area contributed by atoms with E-state index < -0.39 is 11.4 Å². The second-order valence-corrected chi connectivity index (χ2v) is 5.02. The summed E-state index contributed by atoms with van der Waals surface area (Å²) in [4.78, 5) is 0. The highest BCUT2D eigenvalue weighted by molar-refractivity contribution is 5.41. The number of nitrogens with two attached hydrogens (primary N) is 1. The minimum absolute atomic E-state index is 0.152. The third-order valence-corrected chi connectivity index (χ3v) is 3.52. The number of ether oxygens (including phenoxy) is 1. The van der Waals surface area contributed by atoms with Crippen molar-refractivity contribution in [3.05, 3.63) is 64.7 Å². The van der Waals surface area contributed by atoms with E-state index in [9.17, 15) is 8.78 Å². The number of hydrogen-bond donors (Lipinski definition) is 1. The molecule has 0 aromatic heterocycles. The first-order valence-electron chi connectivity index (χ1n) is 6.26. The molecule has 0 aliphatic carbocycles. The lowest BCUT2D eigenvalue weighted by atomic mass is 9.85. The van der Waals surface area contributed by atoms with Crippen molar-refractivity contribution in [2.24, 2.45) is 5.73 Å². The highest BCUT2D eigenvalue weighted by Crippen LogP contribution is 2.30. The molecule has 20 heavy (non-hydrogen) atoms. The molecule has 2 aromatic carbocycles. The van der Waals surface area contributed by atoms with E-state index in [1.807, 2.05) is 0 Å². The van der Waals surface area contributed by atoms with Gasteiger partial charge in [-0.05, 0) is 48.7 Å². The van der Waals surface area contributed by atoms with Gasteiger partial charge in [0.05, 0.1) is 12.6 Å². The molecule has 0 aliphatic heterocycles. The Balaban J connectivity index is 2.48. The first-order chi connectivity index (χ1) is 9.36. The fraction of sp³-hybridized carbons (Fsp3) is 0.250. The summed E-state index contributed by atoms with van der Waals surface area (Å²) in [7, 11) is 1.40. The van der Waals surface area contributed by atoms with E-state index in [0.29, 0.717) is 16.7 Å². The molecule has 0 radical (unpaired) electrons. The van der Waals surface area contributed by atoms with Gasteiger partial charge in [0.15, 0.2) is 11.6 Å². The molecule has 1 atom stereocenters. The molecule has 2 rings (SSSR count). The lowest BCUT2D eigenvalue weighted by Gasteiger charge is -2.26. The first kappa shape index (κ1) is 14.5. The molecule has 0 heterocycles. The number of rotatable bonds is 3. The minimum Gasteiger partial charge on any atom is -0.494 e. The fourth-order valence-corrected chi connectivity index (χ4v) is 2.07. The summed E-state index contributed by atoms with van der Waals surface area (Å²) in [5, 5.41) is 0. The Kier molecular flexibility index (Phi) is 3.77. The van der Waals surface area contributed by atoms with E-state index in [1.165, 1.54) is 25.3 Å². The number of methoxy groups -OCH3 is 1. The van der Waals surface area contributed by atoms with Gasteiger partial charge in [0, 0.05) is 0 Å². The molecule has 0 amide bonds. The second-order valence-electron chi connectivity index (χ2n) is 5.02. The number of hydrogen-bond acceptors (Lipinski definition) is 2. The van der Waals surface area contributed by atoms with Gasteiger partial charge in [-0.3, -0.25) is 0 Å². The Morgan fingerprint density at radius 1 is 1.00 bits per heavy atom. The van der Waals surface area contributed by atoms with Crippen LogP contribution in [0.15, 0.2) is 36.4 Å². The van der Waals surface area contributed by atoms with Crippen molar-refractivity contribution in [2.45, 2.75) is 19.4 Å². The topological polar surface area (TPSA) is 35.2 Å². The van der Waals surface area contributed by atoms with Crippen molar-refractivity contribution >= 4 is 0 Å². The van der Waals surface area contributed by atoms with E-state index in [-0.39, 0.29) is 11.6 Å². The van der Waals surface area contributed by atoms with Crippen molar-refractivity contribution in [3.8, 4) is 5.75 Å². The monoisotopic (exact) mass is 277 g/mol. The summed E-state index contributed by atoms with van der Waals surface area (Å²) >= 11 is 0. The molecular formula is C16H17F2NO.